The van der Waals surface area contributed by atoms with Crippen molar-refractivity contribution in [1.82, 2.24) is 9.27 Å². The highest BCUT2D eigenvalue weighted by Gasteiger charge is 2.54. The third kappa shape index (κ3) is 2.09. The van der Waals surface area contributed by atoms with Gasteiger partial charge in [-0.2, -0.15) is 0 Å². The molecule has 2 bridgehead atoms. The zero-order valence-corrected chi connectivity index (χ0v) is 14.1. The van der Waals surface area contributed by atoms with Gasteiger partial charge < -0.3 is 10.1 Å². The average Bonchev–Trinajstić information content (AvgIpc) is 3.20. The molecule has 0 radical (unpaired) electrons. The van der Waals surface area contributed by atoms with Crippen LogP contribution < -0.4 is 10.9 Å². The van der Waals surface area contributed by atoms with Gasteiger partial charge in [-0.15, -0.1) is 0 Å². The highest BCUT2D eigenvalue weighted by atomic mass is 32.1. The quantitative estimate of drug-likeness (QED) is 0.852. The van der Waals surface area contributed by atoms with Gasteiger partial charge in [-0.3, -0.25) is 9.59 Å². The van der Waals surface area contributed by atoms with Crippen molar-refractivity contribution >= 4 is 23.4 Å². The zero-order valence-electron chi connectivity index (χ0n) is 13.3. The van der Waals surface area contributed by atoms with E-state index in [1.807, 2.05) is 0 Å². The third-order valence-electron chi connectivity index (χ3n) is 5.74. The van der Waals surface area contributed by atoms with E-state index in [9.17, 15) is 14.4 Å². The summed E-state index contributed by atoms with van der Waals surface area (Å²) in [6, 6.07) is -0.569. The predicted octanol–water partition coefficient (Wildman–Crippen LogP) is 1.69. The van der Waals surface area contributed by atoms with Gasteiger partial charge in [-0.05, 0) is 30.6 Å². The predicted molar refractivity (Wildman–Crippen MR) is 84.3 cm³/mol. The Hall–Kier alpha value is -1.63. The van der Waals surface area contributed by atoms with Gasteiger partial charge in [0.2, 0.25) is 5.91 Å². The van der Waals surface area contributed by atoms with Gasteiger partial charge in [-0.1, -0.05) is 25.4 Å². The summed E-state index contributed by atoms with van der Waals surface area (Å²) in [7, 11) is 0. The standard InChI is InChI=1S/C16H20N2O4S/c1-16(2)8-3-4-9(16)13-12(8)14(20)18(23-13)7-22-15(21)10-5-6-11(19)17-10/h8-10H,3-7H2,1-2H3,(H,17,19). The Labute approximate surface area is 138 Å². The van der Waals surface area contributed by atoms with E-state index in [-0.39, 0.29) is 23.6 Å². The molecule has 0 spiro atoms. The molecular formula is C16H20N2O4S. The van der Waals surface area contributed by atoms with Gasteiger partial charge in [-0.25, -0.2) is 8.75 Å². The molecule has 2 heterocycles. The van der Waals surface area contributed by atoms with Crippen LogP contribution in [0.1, 0.15) is 61.8 Å². The first-order valence-corrected chi connectivity index (χ1v) is 8.87. The Bertz CT molecular complexity index is 748. The molecule has 4 rings (SSSR count). The van der Waals surface area contributed by atoms with Gasteiger partial charge in [0, 0.05) is 22.8 Å². The smallest absolute Gasteiger partial charge is 0.330 e. The van der Waals surface area contributed by atoms with Crippen LogP contribution in [0.2, 0.25) is 0 Å². The molecule has 3 atom stereocenters. The lowest BCUT2D eigenvalue weighted by molar-refractivity contribution is -0.150. The summed E-state index contributed by atoms with van der Waals surface area (Å²) in [5.41, 5.74) is 1.11. The second-order valence-corrected chi connectivity index (χ2v) is 8.37. The molecule has 1 aromatic heterocycles. The summed E-state index contributed by atoms with van der Waals surface area (Å²) < 4.78 is 6.78. The summed E-state index contributed by atoms with van der Waals surface area (Å²) in [6.07, 6.45) is 3.03. The largest absolute Gasteiger partial charge is 0.441 e. The molecule has 1 saturated carbocycles. The van der Waals surface area contributed by atoms with Crippen molar-refractivity contribution in [1.29, 1.82) is 0 Å². The van der Waals surface area contributed by atoms with Crippen LogP contribution in [-0.4, -0.2) is 21.9 Å². The number of nitrogens with zero attached hydrogens (tertiary/aromatic N) is 1. The van der Waals surface area contributed by atoms with Crippen molar-refractivity contribution < 1.29 is 14.3 Å². The summed E-state index contributed by atoms with van der Waals surface area (Å²) >= 11 is 1.44. The normalized spacial score (nSPS) is 30.3. The van der Waals surface area contributed by atoms with E-state index in [1.54, 1.807) is 3.96 Å². The van der Waals surface area contributed by atoms with Crippen LogP contribution in [0.5, 0.6) is 0 Å². The maximum atomic E-state index is 12.6. The van der Waals surface area contributed by atoms with Crippen LogP contribution in [0.3, 0.4) is 0 Å². The van der Waals surface area contributed by atoms with E-state index < -0.39 is 12.0 Å². The van der Waals surface area contributed by atoms with E-state index >= 15 is 0 Å². The van der Waals surface area contributed by atoms with Crippen molar-refractivity contribution in [2.24, 2.45) is 5.41 Å². The molecule has 0 aromatic carbocycles. The van der Waals surface area contributed by atoms with E-state index in [0.29, 0.717) is 24.7 Å². The SMILES string of the molecule is CC1(C)C2CCC1c1c2sn(COC(=O)C2CCC(=O)N2)c1=O. The van der Waals surface area contributed by atoms with Crippen LogP contribution in [0.15, 0.2) is 4.79 Å². The van der Waals surface area contributed by atoms with E-state index in [2.05, 4.69) is 19.2 Å². The Balaban J connectivity index is 1.50. The Morgan fingerprint density at radius 2 is 2.04 bits per heavy atom. The molecule has 6 nitrogen and oxygen atoms in total. The number of aromatic nitrogens is 1. The molecule has 1 amide bonds. The van der Waals surface area contributed by atoms with Crippen molar-refractivity contribution in [3.63, 3.8) is 0 Å². The second kappa shape index (κ2) is 4.93. The van der Waals surface area contributed by atoms with E-state index in [4.69, 9.17) is 4.74 Å². The minimum atomic E-state index is -0.569. The minimum absolute atomic E-state index is 0.00599. The number of carbonyl (C=O) groups is 2. The zero-order chi connectivity index (χ0) is 16.4. The van der Waals surface area contributed by atoms with Gasteiger partial charge in [0.1, 0.15) is 6.04 Å². The lowest BCUT2D eigenvalue weighted by atomic mass is 9.80. The fraction of sp³-hybridized carbons (Fsp3) is 0.688. The van der Waals surface area contributed by atoms with Crippen LogP contribution in [0.25, 0.3) is 0 Å². The maximum Gasteiger partial charge on any atom is 0.330 e. The minimum Gasteiger partial charge on any atom is -0.441 e. The summed E-state index contributed by atoms with van der Waals surface area (Å²) in [5.74, 6) is 0.196. The summed E-state index contributed by atoms with van der Waals surface area (Å²) in [6.45, 7) is 4.44. The Morgan fingerprint density at radius 3 is 2.70 bits per heavy atom. The molecule has 124 valence electrons. The first kappa shape index (κ1) is 14.9. The number of nitrogens with one attached hydrogen (secondary N) is 1. The number of rotatable bonds is 3. The second-order valence-electron chi connectivity index (χ2n) is 7.31. The molecule has 7 heteroatoms. The van der Waals surface area contributed by atoms with E-state index in [1.165, 1.54) is 16.4 Å². The highest BCUT2D eigenvalue weighted by molar-refractivity contribution is 7.06. The summed E-state index contributed by atoms with van der Waals surface area (Å²) in [5, 5.41) is 2.58. The summed E-state index contributed by atoms with van der Waals surface area (Å²) in [4.78, 5) is 36.9. The number of hydrogen-bond acceptors (Lipinski definition) is 5. The van der Waals surface area contributed by atoms with Crippen molar-refractivity contribution in [2.75, 3.05) is 0 Å². The van der Waals surface area contributed by atoms with Gasteiger partial charge in [0.05, 0.1) is 0 Å². The van der Waals surface area contributed by atoms with Crippen molar-refractivity contribution in [3.8, 4) is 0 Å². The van der Waals surface area contributed by atoms with Crippen LogP contribution in [-0.2, 0) is 21.1 Å². The highest BCUT2D eigenvalue weighted by Crippen LogP contribution is 2.64. The average molecular weight is 336 g/mol. The molecule has 2 fully saturated rings. The molecule has 3 aliphatic rings. The molecular weight excluding hydrogens is 316 g/mol. The van der Waals surface area contributed by atoms with Crippen LogP contribution in [0.4, 0.5) is 0 Å². The van der Waals surface area contributed by atoms with E-state index in [0.717, 1.165) is 18.4 Å². The third-order valence-corrected chi connectivity index (χ3v) is 6.93. The van der Waals surface area contributed by atoms with Crippen molar-refractivity contribution in [3.05, 3.63) is 20.8 Å². The van der Waals surface area contributed by atoms with Crippen molar-refractivity contribution in [2.45, 2.75) is 64.1 Å². The Kier molecular flexibility index (Phi) is 3.20. The maximum absolute atomic E-state index is 12.6. The topological polar surface area (TPSA) is 77.4 Å². The van der Waals surface area contributed by atoms with Crippen LogP contribution in [0, 0.1) is 5.41 Å². The van der Waals surface area contributed by atoms with Gasteiger partial charge >= 0.3 is 5.97 Å². The lowest BCUT2D eigenvalue weighted by Gasteiger charge is -2.24. The molecule has 23 heavy (non-hydrogen) atoms. The number of esters is 1. The molecule has 1 aromatic rings. The molecule has 2 aliphatic carbocycles. The van der Waals surface area contributed by atoms with Crippen LogP contribution >= 0.6 is 11.5 Å². The molecule has 3 unspecified atom stereocenters. The molecule has 1 N–H and O–H groups in total. The number of carbonyl (C=O) groups excluding carboxylic acids is 2. The Morgan fingerprint density at radius 1 is 1.30 bits per heavy atom. The van der Waals surface area contributed by atoms with Gasteiger partial charge in [0.25, 0.3) is 5.56 Å². The fourth-order valence-corrected chi connectivity index (χ4v) is 5.83. The fourth-order valence-electron chi connectivity index (χ4n) is 4.43. The number of ether oxygens (including phenoxy) is 1. The first-order chi connectivity index (χ1) is 10.9. The van der Waals surface area contributed by atoms with Gasteiger partial charge in [0.15, 0.2) is 6.73 Å². The molecule has 1 saturated heterocycles. The molecule has 1 aliphatic heterocycles. The lowest BCUT2D eigenvalue weighted by Crippen LogP contribution is -2.35. The number of fused-ring (bicyclic) bond motifs is 5. The number of amides is 1. The first-order valence-electron chi connectivity index (χ1n) is 8.09. The number of hydrogen-bond donors (Lipinski definition) is 1. The monoisotopic (exact) mass is 336 g/mol.